The van der Waals surface area contributed by atoms with Gasteiger partial charge in [-0.2, -0.15) is 0 Å². The van der Waals surface area contributed by atoms with Crippen molar-refractivity contribution in [2.45, 2.75) is 38.8 Å². The molecule has 4 heteroatoms. The number of likely N-dealkylation sites (tertiary alicyclic amines) is 1. The van der Waals surface area contributed by atoms with E-state index in [1.807, 2.05) is 11.3 Å². The van der Waals surface area contributed by atoms with Crippen LogP contribution in [0.25, 0.3) is 0 Å². The molecule has 0 bridgehead atoms. The third-order valence-corrected chi connectivity index (χ3v) is 3.91. The van der Waals surface area contributed by atoms with Gasteiger partial charge in [0.05, 0.1) is 0 Å². The van der Waals surface area contributed by atoms with Crippen molar-refractivity contribution in [2.75, 3.05) is 13.1 Å². The van der Waals surface area contributed by atoms with Crippen LogP contribution in [0.1, 0.15) is 29.5 Å². The number of hydrogen-bond donors (Lipinski definition) is 1. The van der Waals surface area contributed by atoms with Crippen LogP contribution in [0.15, 0.2) is 12.1 Å². The highest BCUT2D eigenvalue weighted by Crippen LogP contribution is 2.21. The van der Waals surface area contributed by atoms with E-state index < -0.39 is 0 Å². The summed E-state index contributed by atoms with van der Waals surface area (Å²) in [5.74, 6) is 0. The number of rotatable bonds is 4. The first-order valence-electron chi connectivity index (χ1n) is 5.79. The normalized spacial score (nSPS) is 18.4. The maximum Gasteiger partial charge on any atom is 0.0328 e. The van der Waals surface area contributed by atoms with Crippen molar-refractivity contribution in [3.63, 3.8) is 0 Å². The Hall–Kier alpha value is -0.0900. The van der Waals surface area contributed by atoms with Crippen LogP contribution in [-0.2, 0) is 13.0 Å². The van der Waals surface area contributed by atoms with Gasteiger partial charge in [-0.1, -0.05) is 0 Å². The Bertz CT molecular complexity index is 306. The molecule has 1 saturated heterocycles. The van der Waals surface area contributed by atoms with Crippen LogP contribution in [0, 0.1) is 0 Å². The van der Waals surface area contributed by atoms with Crippen molar-refractivity contribution in [3.8, 4) is 0 Å². The van der Waals surface area contributed by atoms with Crippen molar-refractivity contribution >= 4 is 23.7 Å². The highest BCUT2D eigenvalue weighted by atomic mass is 35.5. The van der Waals surface area contributed by atoms with E-state index >= 15 is 0 Å². The second-order valence-electron chi connectivity index (χ2n) is 4.53. The molecule has 0 aliphatic carbocycles. The van der Waals surface area contributed by atoms with Gasteiger partial charge in [-0.15, -0.1) is 23.7 Å². The summed E-state index contributed by atoms with van der Waals surface area (Å²) >= 11 is 1.93. The van der Waals surface area contributed by atoms with Crippen LogP contribution in [-0.4, -0.2) is 24.0 Å². The number of thiophene rings is 1. The van der Waals surface area contributed by atoms with Crippen molar-refractivity contribution in [1.82, 2.24) is 4.90 Å². The van der Waals surface area contributed by atoms with Crippen LogP contribution in [0.2, 0.25) is 0 Å². The first kappa shape index (κ1) is 14.0. The molecule has 92 valence electrons. The number of halogens is 1. The summed E-state index contributed by atoms with van der Waals surface area (Å²) in [5, 5.41) is 0. The second kappa shape index (κ2) is 6.60. The first-order valence-corrected chi connectivity index (χ1v) is 6.61. The van der Waals surface area contributed by atoms with Crippen molar-refractivity contribution in [2.24, 2.45) is 5.73 Å². The lowest BCUT2D eigenvalue weighted by atomic mass is 10.2. The summed E-state index contributed by atoms with van der Waals surface area (Å²) in [7, 11) is 0. The van der Waals surface area contributed by atoms with Crippen LogP contribution in [0.3, 0.4) is 0 Å². The van der Waals surface area contributed by atoms with Crippen molar-refractivity contribution < 1.29 is 0 Å². The third kappa shape index (κ3) is 4.06. The molecular weight excluding hydrogens is 240 g/mol. The average molecular weight is 261 g/mol. The molecule has 2 nitrogen and oxygen atoms in total. The maximum absolute atomic E-state index is 5.79. The smallest absolute Gasteiger partial charge is 0.0328 e. The summed E-state index contributed by atoms with van der Waals surface area (Å²) in [6, 6.07) is 4.78. The van der Waals surface area contributed by atoms with E-state index in [2.05, 4.69) is 24.0 Å². The summed E-state index contributed by atoms with van der Waals surface area (Å²) in [5.41, 5.74) is 5.79. The zero-order chi connectivity index (χ0) is 10.7. The third-order valence-electron chi connectivity index (χ3n) is 2.82. The van der Waals surface area contributed by atoms with E-state index in [4.69, 9.17) is 5.73 Å². The van der Waals surface area contributed by atoms with Gasteiger partial charge < -0.3 is 5.73 Å². The molecule has 1 fully saturated rings. The summed E-state index contributed by atoms with van der Waals surface area (Å²) in [4.78, 5) is 5.47. The van der Waals surface area contributed by atoms with E-state index in [0.29, 0.717) is 0 Å². The summed E-state index contributed by atoms with van der Waals surface area (Å²) in [6.45, 7) is 5.77. The molecule has 1 aromatic rings. The van der Waals surface area contributed by atoms with Crippen LogP contribution in [0.4, 0.5) is 0 Å². The Morgan fingerprint density at radius 3 is 2.56 bits per heavy atom. The molecule has 0 aromatic carbocycles. The quantitative estimate of drug-likeness (QED) is 0.902. The van der Waals surface area contributed by atoms with Crippen molar-refractivity contribution in [1.29, 1.82) is 0 Å². The molecule has 2 rings (SSSR count). The number of nitrogens with zero attached hydrogens (tertiary/aromatic N) is 1. The fraction of sp³-hybridized carbons (Fsp3) is 0.667. The minimum absolute atomic E-state index is 0. The Morgan fingerprint density at radius 2 is 1.94 bits per heavy atom. The lowest BCUT2D eigenvalue weighted by Crippen LogP contribution is -2.17. The average Bonchev–Trinajstić information content (AvgIpc) is 2.77. The van der Waals surface area contributed by atoms with E-state index in [1.165, 1.54) is 35.7 Å². The molecule has 0 radical (unpaired) electrons. The Labute approximate surface area is 108 Å². The lowest BCUT2D eigenvalue weighted by molar-refractivity contribution is 0.334. The van der Waals surface area contributed by atoms with Gasteiger partial charge in [0, 0.05) is 22.3 Å². The fourth-order valence-electron chi connectivity index (χ4n) is 2.10. The minimum atomic E-state index is 0. The van der Waals surface area contributed by atoms with Crippen molar-refractivity contribution in [3.05, 3.63) is 21.9 Å². The first-order chi connectivity index (χ1) is 7.24. The predicted molar refractivity (Wildman–Crippen MR) is 73.4 cm³/mol. The van der Waals surface area contributed by atoms with E-state index in [-0.39, 0.29) is 18.4 Å². The summed E-state index contributed by atoms with van der Waals surface area (Å²) in [6.07, 6.45) is 3.76. The van der Waals surface area contributed by atoms with Gasteiger partial charge in [0.1, 0.15) is 0 Å². The largest absolute Gasteiger partial charge is 0.328 e. The molecule has 1 atom stereocenters. The van der Waals surface area contributed by atoms with Gasteiger partial charge in [0.2, 0.25) is 0 Å². The molecule has 16 heavy (non-hydrogen) atoms. The lowest BCUT2D eigenvalue weighted by Gasteiger charge is -2.12. The topological polar surface area (TPSA) is 29.3 Å². The number of hydrogen-bond acceptors (Lipinski definition) is 3. The van der Waals surface area contributed by atoms with Crippen LogP contribution in [0.5, 0.6) is 0 Å². The molecule has 1 unspecified atom stereocenters. The van der Waals surface area contributed by atoms with Gasteiger partial charge in [0.15, 0.2) is 0 Å². The minimum Gasteiger partial charge on any atom is -0.328 e. The standard InChI is InChI=1S/C12H20N2S.ClH/c1-10(13)8-11-4-5-12(15-11)9-14-6-2-3-7-14;/h4-5,10H,2-3,6-9,13H2,1H3;1H. The molecule has 1 aromatic heterocycles. The van der Waals surface area contributed by atoms with E-state index in [9.17, 15) is 0 Å². The molecular formula is C12H21ClN2S. The zero-order valence-corrected chi connectivity index (χ0v) is 11.4. The van der Waals surface area contributed by atoms with Gasteiger partial charge in [-0.25, -0.2) is 0 Å². The molecule has 1 aliphatic rings. The highest BCUT2D eigenvalue weighted by molar-refractivity contribution is 7.11. The van der Waals surface area contributed by atoms with Gasteiger partial charge in [-0.3, -0.25) is 4.90 Å². The fourth-order valence-corrected chi connectivity index (χ4v) is 3.30. The van der Waals surface area contributed by atoms with Crippen LogP contribution < -0.4 is 5.73 Å². The van der Waals surface area contributed by atoms with Gasteiger partial charge in [0.25, 0.3) is 0 Å². The van der Waals surface area contributed by atoms with Crippen LogP contribution >= 0.6 is 23.7 Å². The molecule has 0 spiro atoms. The maximum atomic E-state index is 5.79. The van der Waals surface area contributed by atoms with Gasteiger partial charge in [-0.05, 0) is 51.4 Å². The SMILES string of the molecule is CC(N)Cc1ccc(CN2CCCC2)s1.Cl. The molecule has 2 N–H and O–H groups in total. The second-order valence-corrected chi connectivity index (χ2v) is 5.79. The Kier molecular flexibility index (Phi) is 5.76. The van der Waals surface area contributed by atoms with Gasteiger partial charge >= 0.3 is 0 Å². The highest BCUT2D eigenvalue weighted by Gasteiger charge is 2.12. The van der Waals surface area contributed by atoms with E-state index in [1.54, 1.807) is 0 Å². The monoisotopic (exact) mass is 260 g/mol. The molecule has 2 heterocycles. The molecule has 0 amide bonds. The molecule has 0 saturated carbocycles. The summed E-state index contributed by atoms with van der Waals surface area (Å²) < 4.78 is 0. The van der Waals surface area contributed by atoms with E-state index in [0.717, 1.165) is 13.0 Å². The number of nitrogens with two attached hydrogens (primary N) is 1. The molecule has 1 aliphatic heterocycles. The zero-order valence-electron chi connectivity index (χ0n) is 9.82. The predicted octanol–water partition coefficient (Wildman–Crippen LogP) is 2.66. The Morgan fingerprint density at radius 1 is 1.31 bits per heavy atom. The Balaban J connectivity index is 0.00000128.